The summed E-state index contributed by atoms with van der Waals surface area (Å²) in [4.78, 5) is 3.73. The van der Waals surface area contributed by atoms with Gasteiger partial charge in [0.2, 0.25) is 0 Å². The third-order valence-electron chi connectivity index (χ3n) is 4.27. The molecule has 0 saturated heterocycles. The summed E-state index contributed by atoms with van der Waals surface area (Å²) in [6, 6.07) is 1.37. The molecular formula is C15H20F4N2. The van der Waals surface area contributed by atoms with Crippen molar-refractivity contribution in [1.82, 2.24) is 10.3 Å². The van der Waals surface area contributed by atoms with E-state index in [-0.39, 0.29) is 24.8 Å². The summed E-state index contributed by atoms with van der Waals surface area (Å²) in [6.07, 6.45) is -0.259. The number of nitrogens with zero attached hydrogens (tertiary/aromatic N) is 1. The van der Waals surface area contributed by atoms with Crippen molar-refractivity contribution in [2.45, 2.75) is 44.8 Å². The van der Waals surface area contributed by atoms with Gasteiger partial charge in [-0.3, -0.25) is 4.98 Å². The molecule has 1 N–H and O–H groups in total. The van der Waals surface area contributed by atoms with Crippen LogP contribution in [-0.2, 0) is 0 Å². The number of hydrogen-bond donors (Lipinski definition) is 1. The molecule has 6 heteroatoms. The summed E-state index contributed by atoms with van der Waals surface area (Å²) in [5, 5.41) is 3.21. The Kier molecular flexibility index (Phi) is 5.19. The van der Waals surface area contributed by atoms with Gasteiger partial charge in [0, 0.05) is 17.8 Å². The molecular weight excluding hydrogens is 284 g/mol. The molecule has 0 amide bonds. The molecule has 1 unspecified atom stereocenters. The first-order valence-corrected chi connectivity index (χ1v) is 7.33. The largest absolute Gasteiger partial charge is 0.391 e. The maximum Gasteiger partial charge on any atom is 0.391 e. The van der Waals surface area contributed by atoms with Gasteiger partial charge in [-0.15, -0.1) is 0 Å². The lowest BCUT2D eigenvalue weighted by atomic mass is 9.76. The molecule has 0 aliphatic heterocycles. The second-order valence-corrected chi connectivity index (χ2v) is 5.59. The van der Waals surface area contributed by atoms with Crippen molar-refractivity contribution in [2.75, 3.05) is 6.54 Å². The summed E-state index contributed by atoms with van der Waals surface area (Å²) < 4.78 is 52.1. The minimum atomic E-state index is -4.11. The van der Waals surface area contributed by atoms with Crippen LogP contribution in [0.4, 0.5) is 17.6 Å². The quantitative estimate of drug-likeness (QED) is 0.842. The van der Waals surface area contributed by atoms with E-state index < -0.39 is 17.9 Å². The van der Waals surface area contributed by atoms with E-state index in [2.05, 4.69) is 10.3 Å². The molecule has 0 radical (unpaired) electrons. The first-order chi connectivity index (χ1) is 9.93. The van der Waals surface area contributed by atoms with Crippen LogP contribution in [0.5, 0.6) is 0 Å². The molecule has 0 spiro atoms. The van der Waals surface area contributed by atoms with Gasteiger partial charge >= 0.3 is 6.18 Å². The van der Waals surface area contributed by atoms with Crippen LogP contribution in [0.25, 0.3) is 0 Å². The van der Waals surface area contributed by atoms with Crippen LogP contribution in [0.3, 0.4) is 0 Å². The Balaban J connectivity index is 2.09. The molecule has 2 nitrogen and oxygen atoms in total. The number of nitrogens with one attached hydrogen (secondary N) is 1. The Morgan fingerprint density at radius 3 is 2.48 bits per heavy atom. The lowest BCUT2D eigenvalue weighted by molar-refractivity contribution is -0.184. The van der Waals surface area contributed by atoms with Crippen LogP contribution in [-0.4, -0.2) is 17.7 Å². The smallest absolute Gasteiger partial charge is 0.310 e. The fourth-order valence-corrected chi connectivity index (χ4v) is 3.17. The highest BCUT2D eigenvalue weighted by molar-refractivity contribution is 5.18. The fourth-order valence-electron chi connectivity index (χ4n) is 3.17. The molecule has 1 atom stereocenters. The van der Waals surface area contributed by atoms with Gasteiger partial charge in [-0.25, -0.2) is 4.39 Å². The van der Waals surface area contributed by atoms with Gasteiger partial charge in [-0.2, -0.15) is 13.2 Å². The number of alkyl halides is 3. The minimum Gasteiger partial charge on any atom is -0.310 e. The fraction of sp³-hybridized carbons (Fsp3) is 0.667. The molecule has 1 aromatic heterocycles. The Labute approximate surface area is 122 Å². The molecule has 1 saturated carbocycles. The van der Waals surface area contributed by atoms with E-state index in [4.69, 9.17) is 0 Å². The highest BCUT2D eigenvalue weighted by Crippen LogP contribution is 2.43. The molecule has 1 aromatic rings. The van der Waals surface area contributed by atoms with Gasteiger partial charge < -0.3 is 5.32 Å². The second-order valence-electron chi connectivity index (χ2n) is 5.59. The zero-order valence-electron chi connectivity index (χ0n) is 12.0. The predicted octanol–water partition coefficient (Wildman–Crippen LogP) is 4.24. The zero-order valence-corrected chi connectivity index (χ0v) is 12.0. The predicted molar refractivity (Wildman–Crippen MR) is 72.1 cm³/mol. The molecule has 0 bridgehead atoms. The molecule has 1 heterocycles. The van der Waals surface area contributed by atoms with Gasteiger partial charge in [0.05, 0.1) is 12.1 Å². The molecule has 1 aliphatic rings. The van der Waals surface area contributed by atoms with Crippen molar-refractivity contribution in [3.8, 4) is 0 Å². The molecule has 1 aliphatic carbocycles. The molecule has 118 valence electrons. The van der Waals surface area contributed by atoms with Crippen LogP contribution < -0.4 is 5.32 Å². The van der Waals surface area contributed by atoms with Gasteiger partial charge in [-0.05, 0) is 44.2 Å². The average molecular weight is 304 g/mol. The summed E-state index contributed by atoms with van der Waals surface area (Å²) in [5.41, 5.74) is 0.502. The van der Waals surface area contributed by atoms with E-state index in [1.807, 2.05) is 6.92 Å². The topological polar surface area (TPSA) is 24.9 Å². The number of pyridine rings is 1. The lowest BCUT2D eigenvalue weighted by Gasteiger charge is -2.35. The van der Waals surface area contributed by atoms with E-state index in [9.17, 15) is 17.6 Å². The van der Waals surface area contributed by atoms with E-state index in [0.717, 1.165) is 6.20 Å². The number of aromatic nitrogens is 1. The highest BCUT2D eigenvalue weighted by atomic mass is 19.4. The Morgan fingerprint density at radius 2 is 1.95 bits per heavy atom. The number of halogens is 4. The van der Waals surface area contributed by atoms with Crippen molar-refractivity contribution in [1.29, 1.82) is 0 Å². The Morgan fingerprint density at radius 1 is 1.29 bits per heavy atom. The van der Waals surface area contributed by atoms with Crippen LogP contribution in [0.15, 0.2) is 18.5 Å². The maximum absolute atomic E-state index is 13.9. The third kappa shape index (κ3) is 3.93. The Hall–Kier alpha value is -1.17. The van der Waals surface area contributed by atoms with Gasteiger partial charge in [0.1, 0.15) is 5.82 Å². The standard InChI is InChI=1S/C15H20F4N2/c1-2-21-14(12-7-8-20-9-13(12)16)10-3-5-11(6-4-10)15(17,18)19/h7-11,14,21H,2-6H2,1H3. The van der Waals surface area contributed by atoms with E-state index in [1.54, 1.807) is 6.07 Å². The highest BCUT2D eigenvalue weighted by Gasteiger charge is 2.42. The van der Waals surface area contributed by atoms with E-state index in [0.29, 0.717) is 24.9 Å². The van der Waals surface area contributed by atoms with Crippen LogP contribution >= 0.6 is 0 Å². The molecule has 0 aromatic carbocycles. The zero-order chi connectivity index (χ0) is 15.5. The maximum atomic E-state index is 13.9. The monoisotopic (exact) mass is 304 g/mol. The SMILES string of the molecule is CCNC(c1ccncc1F)C1CCC(C(F)(F)F)CC1. The van der Waals surface area contributed by atoms with Gasteiger partial charge in [0.25, 0.3) is 0 Å². The number of hydrogen-bond acceptors (Lipinski definition) is 2. The summed E-state index contributed by atoms with van der Waals surface area (Å²) in [5.74, 6) is -1.58. The molecule has 2 rings (SSSR count). The summed E-state index contributed by atoms with van der Waals surface area (Å²) in [7, 11) is 0. The van der Waals surface area contributed by atoms with Gasteiger partial charge in [0.15, 0.2) is 0 Å². The molecule has 21 heavy (non-hydrogen) atoms. The third-order valence-corrected chi connectivity index (χ3v) is 4.27. The normalized spacial score (nSPS) is 24.8. The van der Waals surface area contributed by atoms with Crippen LogP contribution in [0.2, 0.25) is 0 Å². The first-order valence-electron chi connectivity index (χ1n) is 7.33. The van der Waals surface area contributed by atoms with Gasteiger partial charge in [-0.1, -0.05) is 6.92 Å². The Bertz CT molecular complexity index is 453. The van der Waals surface area contributed by atoms with E-state index in [1.165, 1.54) is 6.20 Å². The minimum absolute atomic E-state index is 0.0282. The lowest BCUT2D eigenvalue weighted by Crippen LogP contribution is -2.34. The van der Waals surface area contributed by atoms with E-state index >= 15 is 0 Å². The summed E-state index contributed by atoms with van der Waals surface area (Å²) >= 11 is 0. The van der Waals surface area contributed by atoms with Crippen molar-refractivity contribution in [3.05, 3.63) is 29.8 Å². The van der Waals surface area contributed by atoms with Crippen LogP contribution in [0.1, 0.15) is 44.2 Å². The number of rotatable bonds is 4. The van der Waals surface area contributed by atoms with Crippen LogP contribution in [0, 0.1) is 17.7 Å². The average Bonchev–Trinajstić information content (AvgIpc) is 2.45. The summed E-state index contributed by atoms with van der Waals surface area (Å²) in [6.45, 7) is 2.55. The first kappa shape index (κ1) is 16.2. The molecule has 1 fully saturated rings. The van der Waals surface area contributed by atoms with Crippen molar-refractivity contribution >= 4 is 0 Å². The second kappa shape index (κ2) is 6.73. The van der Waals surface area contributed by atoms with Crippen molar-refractivity contribution < 1.29 is 17.6 Å². The van der Waals surface area contributed by atoms with Crippen molar-refractivity contribution in [2.24, 2.45) is 11.8 Å². The van der Waals surface area contributed by atoms with Crippen molar-refractivity contribution in [3.63, 3.8) is 0 Å².